The Bertz CT molecular complexity index is 460. The topological polar surface area (TPSA) is 42.4 Å². The molecule has 0 spiro atoms. The number of aromatic nitrogens is 1. The lowest BCUT2D eigenvalue weighted by atomic mass is 10.1. The van der Waals surface area contributed by atoms with Gasteiger partial charge in [0, 0.05) is 24.6 Å². The third-order valence-corrected chi connectivity index (χ3v) is 3.60. The van der Waals surface area contributed by atoms with Crippen LogP contribution in [0.2, 0.25) is 0 Å². The zero-order valence-electron chi connectivity index (χ0n) is 12.6. The van der Waals surface area contributed by atoms with E-state index in [0.717, 1.165) is 30.6 Å². The molecule has 4 heteroatoms. The highest BCUT2D eigenvalue weighted by molar-refractivity contribution is 5.95. The van der Waals surface area contributed by atoms with Gasteiger partial charge in [-0.15, -0.1) is 0 Å². The first-order valence-electron chi connectivity index (χ1n) is 7.42. The van der Waals surface area contributed by atoms with Crippen LogP contribution in [0.4, 0.5) is 5.69 Å². The van der Waals surface area contributed by atoms with Crippen molar-refractivity contribution < 1.29 is 9.53 Å². The number of rotatable bonds is 6. The van der Waals surface area contributed by atoms with Crippen LogP contribution in [0.25, 0.3) is 0 Å². The second-order valence-corrected chi connectivity index (χ2v) is 5.86. The smallest absolute Gasteiger partial charge is 0.229 e. The fraction of sp³-hybridized carbons (Fsp3) is 0.625. The summed E-state index contributed by atoms with van der Waals surface area (Å²) in [7, 11) is 0. The van der Waals surface area contributed by atoms with Gasteiger partial charge in [-0.05, 0) is 37.3 Å². The Hall–Kier alpha value is -1.42. The maximum Gasteiger partial charge on any atom is 0.229 e. The van der Waals surface area contributed by atoms with Gasteiger partial charge in [-0.1, -0.05) is 13.8 Å². The van der Waals surface area contributed by atoms with Crippen molar-refractivity contribution in [1.82, 2.24) is 4.98 Å². The molecule has 1 aromatic heterocycles. The summed E-state index contributed by atoms with van der Waals surface area (Å²) < 4.78 is 5.71. The zero-order chi connectivity index (χ0) is 14.5. The molecule has 0 saturated carbocycles. The number of anilines is 1. The van der Waals surface area contributed by atoms with Crippen molar-refractivity contribution in [2.24, 2.45) is 5.92 Å². The van der Waals surface area contributed by atoms with Gasteiger partial charge in [0.05, 0.1) is 19.1 Å². The van der Waals surface area contributed by atoms with Crippen LogP contribution in [0, 0.1) is 5.92 Å². The van der Waals surface area contributed by atoms with Crippen LogP contribution in [0.1, 0.15) is 39.2 Å². The molecule has 0 radical (unpaired) electrons. The van der Waals surface area contributed by atoms with Crippen LogP contribution in [-0.4, -0.2) is 30.1 Å². The number of ether oxygens (including phenoxy) is 1. The van der Waals surface area contributed by atoms with Crippen molar-refractivity contribution in [1.29, 1.82) is 0 Å². The molecule has 1 atom stereocenters. The molecule has 20 heavy (non-hydrogen) atoms. The number of hydrogen-bond donors (Lipinski definition) is 0. The van der Waals surface area contributed by atoms with E-state index in [1.807, 2.05) is 17.2 Å². The van der Waals surface area contributed by atoms with Crippen LogP contribution < -0.4 is 4.90 Å². The lowest BCUT2D eigenvalue weighted by Gasteiger charge is -2.19. The molecule has 0 fully saturated rings. The number of carbonyl (C=O) groups is 1. The first kappa shape index (κ1) is 15.0. The third kappa shape index (κ3) is 3.79. The van der Waals surface area contributed by atoms with E-state index in [1.54, 1.807) is 6.20 Å². The normalized spacial score (nSPS) is 15.5. The summed E-state index contributed by atoms with van der Waals surface area (Å²) in [5.74, 6) is 0.769. The molecule has 2 heterocycles. The van der Waals surface area contributed by atoms with E-state index in [0.29, 0.717) is 18.9 Å². The lowest BCUT2D eigenvalue weighted by molar-refractivity contribution is -0.120. The maximum atomic E-state index is 12.2. The fourth-order valence-electron chi connectivity index (χ4n) is 2.70. The largest absolute Gasteiger partial charge is 0.378 e. The highest BCUT2D eigenvalue weighted by Gasteiger charge is 2.24. The van der Waals surface area contributed by atoms with Crippen LogP contribution in [0.5, 0.6) is 0 Å². The standard InChI is InChI=1S/C16H24N2O2/c1-12(2)10-13(3)20-9-6-16(19)18-8-5-14-11-17-7-4-15(14)18/h4,7,11-13H,5-6,8-10H2,1-3H3/t13-/m1/s1. The minimum atomic E-state index is 0.145. The van der Waals surface area contributed by atoms with Crippen molar-refractivity contribution in [3.05, 3.63) is 24.0 Å². The number of pyridine rings is 1. The van der Waals surface area contributed by atoms with Gasteiger partial charge in [0.2, 0.25) is 5.91 Å². The van der Waals surface area contributed by atoms with Crippen LogP contribution in [-0.2, 0) is 16.0 Å². The molecule has 0 aliphatic carbocycles. The summed E-state index contributed by atoms with van der Waals surface area (Å²) in [6.07, 6.45) is 6.20. The predicted molar refractivity (Wildman–Crippen MR) is 79.8 cm³/mol. The minimum absolute atomic E-state index is 0.145. The monoisotopic (exact) mass is 276 g/mol. The van der Waals surface area contributed by atoms with Crippen LogP contribution >= 0.6 is 0 Å². The second kappa shape index (κ2) is 6.84. The molecule has 0 aromatic carbocycles. The molecule has 1 aliphatic rings. The highest BCUT2D eigenvalue weighted by atomic mass is 16.5. The summed E-state index contributed by atoms with van der Waals surface area (Å²) >= 11 is 0. The lowest BCUT2D eigenvalue weighted by Crippen LogP contribution is -2.30. The molecular weight excluding hydrogens is 252 g/mol. The van der Waals surface area contributed by atoms with E-state index in [9.17, 15) is 4.79 Å². The molecule has 0 saturated heterocycles. The van der Waals surface area contributed by atoms with E-state index in [-0.39, 0.29) is 12.0 Å². The summed E-state index contributed by atoms with van der Waals surface area (Å²) in [6.45, 7) is 7.70. The SMILES string of the molecule is CC(C)C[C@@H](C)OCCC(=O)N1CCc2cnccc21. The van der Waals surface area contributed by atoms with E-state index in [4.69, 9.17) is 4.74 Å². The Morgan fingerprint density at radius 2 is 2.25 bits per heavy atom. The zero-order valence-corrected chi connectivity index (χ0v) is 12.6. The number of carbonyl (C=O) groups excluding carboxylic acids is 1. The van der Waals surface area contributed by atoms with Crippen molar-refractivity contribution >= 4 is 11.6 Å². The summed E-state index contributed by atoms with van der Waals surface area (Å²) in [5.41, 5.74) is 2.18. The molecule has 110 valence electrons. The fourth-order valence-corrected chi connectivity index (χ4v) is 2.70. The van der Waals surface area contributed by atoms with Gasteiger partial charge in [-0.2, -0.15) is 0 Å². The van der Waals surface area contributed by atoms with Gasteiger partial charge in [0.15, 0.2) is 0 Å². The van der Waals surface area contributed by atoms with Crippen LogP contribution in [0.15, 0.2) is 18.5 Å². The number of nitrogens with zero attached hydrogens (tertiary/aromatic N) is 2. The predicted octanol–water partition coefficient (Wildman–Crippen LogP) is 2.81. The average molecular weight is 276 g/mol. The van der Waals surface area contributed by atoms with E-state index >= 15 is 0 Å². The summed E-state index contributed by atoms with van der Waals surface area (Å²) in [4.78, 5) is 18.2. The van der Waals surface area contributed by atoms with Crippen molar-refractivity contribution in [2.45, 2.75) is 46.1 Å². The first-order valence-corrected chi connectivity index (χ1v) is 7.42. The van der Waals surface area contributed by atoms with Crippen molar-refractivity contribution in [3.63, 3.8) is 0 Å². The number of amides is 1. The first-order chi connectivity index (χ1) is 9.58. The number of hydrogen-bond acceptors (Lipinski definition) is 3. The quantitative estimate of drug-likeness (QED) is 0.802. The Balaban J connectivity index is 1.79. The Morgan fingerprint density at radius 1 is 1.45 bits per heavy atom. The Labute approximate surface area is 121 Å². The van der Waals surface area contributed by atoms with Crippen molar-refractivity contribution in [2.75, 3.05) is 18.1 Å². The molecule has 1 aromatic rings. The average Bonchev–Trinajstić information content (AvgIpc) is 2.81. The second-order valence-electron chi connectivity index (χ2n) is 5.86. The summed E-state index contributed by atoms with van der Waals surface area (Å²) in [6, 6.07) is 1.92. The molecule has 2 rings (SSSR count). The Kier molecular flexibility index (Phi) is 5.12. The molecule has 4 nitrogen and oxygen atoms in total. The summed E-state index contributed by atoms with van der Waals surface area (Å²) in [5, 5.41) is 0. The molecular formula is C16H24N2O2. The highest BCUT2D eigenvalue weighted by Crippen LogP contribution is 2.27. The molecule has 0 N–H and O–H groups in total. The van der Waals surface area contributed by atoms with Crippen molar-refractivity contribution in [3.8, 4) is 0 Å². The maximum absolute atomic E-state index is 12.2. The van der Waals surface area contributed by atoms with Gasteiger partial charge >= 0.3 is 0 Å². The number of fused-ring (bicyclic) bond motifs is 1. The molecule has 1 aliphatic heterocycles. The molecule has 0 unspecified atom stereocenters. The van der Waals surface area contributed by atoms with E-state index in [2.05, 4.69) is 25.8 Å². The third-order valence-electron chi connectivity index (χ3n) is 3.60. The van der Waals surface area contributed by atoms with Gasteiger partial charge in [0.1, 0.15) is 0 Å². The molecule has 1 amide bonds. The van der Waals surface area contributed by atoms with Gasteiger partial charge < -0.3 is 9.64 Å². The van der Waals surface area contributed by atoms with Crippen LogP contribution in [0.3, 0.4) is 0 Å². The minimum Gasteiger partial charge on any atom is -0.378 e. The van der Waals surface area contributed by atoms with Gasteiger partial charge in [-0.25, -0.2) is 0 Å². The van der Waals surface area contributed by atoms with Gasteiger partial charge in [-0.3, -0.25) is 9.78 Å². The molecule has 0 bridgehead atoms. The van der Waals surface area contributed by atoms with E-state index < -0.39 is 0 Å². The van der Waals surface area contributed by atoms with E-state index in [1.165, 1.54) is 0 Å². The van der Waals surface area contributed by atoms with Gasteiger partial charge in [0.25, 0.3) is 0 Å². The Morgan fingerprint density at radius 3 is 3.00 bits per heavy atom.